The molecule has 0 radical (unpaired) electrons. The molecule has 0 N–H and O–H groups in total. The monoisotopic (exact) mass is 340 g/mol. The lowest BCUT2D eigenvalue weighted by Crippen LogP contribution is -2.46. The first-order chi connectivity index (χ1) is 12.2. The number of likely N-dealkylation sites (tertiary alicyclic amines) is 1. The van der Waals surface area contributed by atoms with Crippen LogP contribution in [0.3, 0.4) is 0 Å². The Balaban J connectivity index is 1.38. The van der Waals surface area contributed by atoms with Crippen molar-refractivity contribution in [2.75, 3.05) is 19.6 Å². The molecule has 2 aliphatic rings. The van der Waals surface area contributed by atoms with Crippen LogP contribution < -0.4 is 0 Å². The molecule has 2 aromatic rings. The van der Waals surface area contributed by atoms with Gasteiger partial charge in [0.15, 0.2) is 5.82 Å². The van der Waals surface area contributed by atoms with Crippen molar-refractivity contribution in [3.05, 3.63) is 47.1 Å². The summed E-state index contributed by atoms with van der Waals surface area (Å²) in [5.41, 5.74) is 2.67. The molecular formula is C19H24N4O2. The van der Waals surface area contributed by atoms with Crippen LogP contribution in [0.5, 0.6) is 0 Å². The van der Waals surface area contributed by atoms with Gasteiger partial charge in [0.1, 0.15) is 0 Å². The van der Waals surface area contributed by atoms with E-state index in [9.17, 15) is 4.79 Å². The third-order valence-electron chi connectivity index (χ3n) is 5.23. The number of aryl methyl sites for hydroxylation is 1. The first-order valence-corrected chi connectivity index (χ1v) is 9.06. The number of carbonyl (C=O) groups is 1. The molecular weight excluding hydrogens is 316 g/mol. The first-order valence-electron chi connectivity index (χ1n) is 9.06. The minimum Gasteiger partial charge on any atom is -0.340 e. The highest BCUT2D eigenvalue weighted by atomic mass is 16.5. The van der Waals surface area contributed by atoms with E-state index in [0.29, 0.717) is 24.2 Å². The van der Waals surface area contributed by atoms with Gasteiger partial charge in [-0.3, -0.25) is 9.69 Å². The maximum absolute atomic E-state index is 13.0. The van der Waals surface area contributed by atoms with E-state index in [1.54, 1.807) is 6.92 Å². The molecule has 1 unspecified atom stereocenters. The Labute approximate surface area is 147 Å². The second-order valence-electron chi connectivity index (χ2n) is 7.08. The van der Waals surface area contributed by atoms with E-state index in [-0.39, 0.29) is 5.92 Å². The Morgan fingerprint density at radius 1 is 1.28 bits per heavy atom. The number of hydrogen-bond acceptors (Lipinski definition) is 5. The molecule has 1 fully saturated rings. The van der Waals surface area contributed by atoms with Gasteiger partial charge < -0.3 is 9.42 Å². The van der Waals surface area contributed by atoms with Crippen LogP contribution in [0.2, 0.25) is 0 Å². The molecule has 1 aromatic heterocycles. The van der Waals surface area contributed by atoms with Crippen molar-refractivity contribution >= 4 is 5.91 Å². The van der Waals surface area contributed by atoms with E-state index in [0.717, 1.165) is 45.4 Å². The van der Waals surface area contributed by atoms with Crippen molar-refractivity contribution in [3.8, 4) is 0 Å². The molecule has 0 bridgehead atoms. The number of nitrogens with zero attached hydrogens (tertiary/aromatic N) is 4. The van der Waals surface area contributed by atoms with Crippen molar-refractivity contribution in [1.82, 2.24) is 19.9 Å². The van der Waals surface area contributed by atoms with Crippen LogP contribution >= 0.6 is 0 Å². The zero-order chi connectivity index (χ0) is 17.2. The average molecular weight is 340 g/mol. The molecule has 1 amide bonds. The smallest absolute Gasteiger partial charge is 0.227 e. The standard InChI is InChI=1S/C19H24N4O2/c1-14-20-18(21-25-14)13-22-9-4-7-17(11-22)19(24)23-10-8-15-5-2-3-6-16(15)12-23/h2-3,5-6,17H,4,7-13H2,1H3. The van der Waals surface area contributed by atoms with Gasteiger partial charge in [-0.2, -0.15) is 4.98 Å². The summed E-state index contributed by atoms with van der Waals surface area (Å²) in [5.74, 6) is 1.67. The van der Waals surface area contributed by atoms with E-state index in [1.807, 2.05) is 4.90 Å². The molecule has 2 aliphatic heterocycles. The quantitative estimate of drug-likeness (QED) is 0.857. The van der Waals surface area contributed by atoms with Gasteiger partial charge in [-0.25, -0.2) is 0 Å². The molecule has 1 atom stereocenters. The molecule has 1 saturated heterocycles. The molecule has 0 aliphatic carbocycles. The topological polar surface area (TPSA) is 62.5 Å². The van der Waals surface area contributed by atoms with Gasteiger partial charge in [0.2, 0.25) is 11.8 Å². The summed E-state index contributed by atoms with van der Waals surface area (Å²) in [6.45, 7) is 5.80. The Hall–Kier alpha value is -2.21. The summed E-state index contributed by atoms with van der Waals surface area (Å²) >= 11 is 0. The lowest BCUT2D eigenvalue weighted by molar-refractivity contribution is -0.138. The summed E-state index contributed by atoms with van der Waals surface area (Å²) in [6.07, 6.45) is 2.97. The lowest BCUT2D eigenvalue weighted by atomic mass is 9.94. The largest absolute Gasteiger partial charge is 0.340 e. The Kier molecular flexibility index (Phi) is 4.53. The zero-order valence-electron chi connectivity index (χ0n) is 14.6. The molecule has 6 heteroatoms. The third-order valence-corrected chi connectivity index (χ3v) is 5.23. The summed E-state index contributed by atoms with van der Waals surface area (Å²) in [6, 6.07) is 8.45. The number of carbonyl (C=O) groups excluding carboxylic acids is 1. The van der Waals surface area contributed by atoms with Crippen LogP contribution in [0.1, 0.15) is 35.7 Å². The first kappa shape index (κ1) is 16.3. The predicted molar refractivity (Wildman–Crippen MR) is 92.6 cm³/mol. The van der Waals surface area contributed by atoms with E-state index in [4.69, 9.17) is 4.52 Å². The minimum atomic E-state index is 0.0759. The van der Waals surface area contributed by atoms with Crippen molar-refractivity contribution < 1.29 is 9.32 Å². The maximum Gasteiger partial charge on any atom is 0.227 e. The predicted octanol–water partition coefficient (Wildman–Crippen LogP) is 2.17. The SMILES string of the molecule is Cc1nc(CN2CCCC(C(=O)N3CCc4ccccc4C3)C2)no1. The highest BCUT2D eigenvalue weighted by molar-refractivity contribution is 5.79. The maximum atomic E-state index is 13.0. The minimum absolute atomic E-state index is 0.0759. The number of fused-ring (bicyclic) bond motifs is 1. The van der Waals surface area contributed by atoms with E-state index in [2.05, 4.69) is 39.3 Å². The van der Waals surface area contributed by atoms with Gasteiger partial charge >= 0.3 is 0 Å². The summed E-state index contributed by atoms with van der Waals surface area (Å²) in [4.78, 5) is 21.6. The fourth-order valence-electron chi connectivity index (χ4n) is 3.95. The van der Waals surface area contributed by atoms with Crippen molar-refractivity contribution in [2.45, 2.75) is 39.3 Å². The lowest BCUT2D eigenvalue weighted by Gasteiger charge is -2.36. The Morgan fingerprint density at radius 3 is 2.92 bits per heavy atom. The van der Waals surface area contributed by atoms with Gasteiger partial charge in [0, 0.05) is 26.6 Å². The molecule has 0 saturated carbocycles. The van der Waals surface area contributed by atoms with Crippen molar-refractivity contribution in [1.29, 1.82) is 0 Å². The van der Waals surface area contributed by atoms with E-state index >= 15 is 0 Å². The third kappa shape index (κ3) is 3.58. The van der Waals surface area contributed by atoms with Crippen molar-refractivity contribution in [2.24, 2.45) is 5.92 Å². The molecule has 4 rings (SSSR count). The number of rotatable bonds is 3. The van der Waals surface area contributed by atoms with Gasteiger partial charge in [-0.1, -0.05) is 29.4 Å². The van der Waals surface area contributed by atoms with E-state index < -0.39 is 0 Å². The van der Waals surface area contributed by atoms with Gasteiger partial charge in [0.05, 0.1) is 12.5 Å². The summed E-state index contributed by atoms with van der Waals surface area (Å²) in [5, 5.41) is 3.97. The highest BCUT2D eigenvalue weighted by Crippen LogP contribution is 2.24. The van der Waals surface area contributed by atoms with Crippen LogP contribution in [-0.2, 0) is 24.3 Å². The fourth-order valence-corrected chi connectivity index (χ4v) is 3.95. The molecule has 3 heterocycles. The zero-order valence-corrected chi connectivity index (χ0v) is 14.6. The van der Waals surface area contributed by atoms with Gasteiger partial charge in [0.25, 0.3) is 0 Å². The van der Waals surface area contributed by atoms with Crippen LogP contribution in [0.4, 0.5) is 0 Å². The van der Waals surface area contributed by atoms with Crippen LogP contribution in [0.15, 0.2) is 28.8 Å². The van der Waals surface area contributed by atoms with E-state index in [1.165, 1.54) is 11.1 Å². The molecule has 6 nitrogen and oxygen atoms in total. The number of piperidine rings is 1. The van der Waals surface area contributed by atoms with Crippen LogP contribution in [-0.4, -0.2) is 45.5 Å². The van der Waals surface area contributed by atoms with Gasteiger partial charge in [-0.15, -0.1) is 0 Å². The van der Waals surface area contributed by atoms with Crippen molar-refractivity contribution in [3.63, 3.8) is 0 Å². The van der Waals surface area contributed by atoms with Crippen LogP contribution in [0, 0.1) is 12.8 Å². The molecule has 1 aromatic carbocycles. The number of benzene rings is 1. The summed E-state index contributed by atoms with van der Waals surface area (Å²) < 4.78 is 5.05. The molecule has 25 heavy (non-hydrogen) atoms. The second-order valence-corrected chi connectivity index (χ2v) is 7.08. The summed E-state index contributed by atoms with van der Waals surface area (Å²) in [7, 11) is 0. The number of hydrogen-bond donors (Lipinski definition) is 0. The Morgan fingerprint density at radius 2 is 2.12 bits per heavy atom. The average Bonchev–Trinajstić information content (AvgIpc) is 3.05. The highest BCUT2D eigenvalue weighted by Gasteiger charge is 2.31. The molecule has 0 spiro atoms. The van der Waals surface area contributed by atoms with Gasteiger partial charge in [-0.05, 0) is 36.9 Å². The number of aromatic nitrogens is 2. The molecule has 132 valence electrons. The Bertz CT molecular complexity index is 757. The second kappa shape index (κ2) is 6.96. The normalized spacial score (nSPS) is 21.2. The van der Waals surface area contributed by atoms with Crippen LogP contribution in [0.25, 0.3) is 0 Å². The number of amides is 1. The fraction of sp³-hybridized carbons (Fsp3) is 0.526.